The molecule has 0 unspecified atom stereocenters. The fourth-order valence-corrected chi connectivity index (χ4v) is 1.60. The summed E-state index contributed by atoms with van der Waals surface area (Å²) in [5, 5.41) is 0. The van der Waals surface area contributed by atoms with Gasteiger partial charge in [-0.2, -0.15) is 0 Å². The molecule has 3 atom stereocenters. The van der Waals surface area contributed by atoms with Crippen molar-refractivity contribution in [1.82, 2.24) is 0 Å². The number of aldehydes is 1. The van der Waals surface area contributed by atoms with Crippen LogP contribution < -0.4 is 0 Å². The van der Waals surface area contributed by atoms with Crippen LogP contribution >= 0.6 is 0 Å². The lowest BCUT2D eigenvalue weighted by molar-refractivity contribution is -0.139. The van der Waals surface area contributed by atoms with Gasteiger partial charge in [-0.05, 0) is 13.8 Å². The van der Waals surface area contributed by atoms with Crippen LogP contribution in [0.4, 0.5) is 0 Å². The molecular formula is C9H14O4. The molecule has 0 saturated carbocycles. The normalized spacial score (nSPS) is 41.8. The van der Waals surface area contributed by atoms with Crippen LogP contribution in [0.5, 0.6) is 0 Å². The lowest BCUT2D eigenvalue weighted by atomic mass is 10.2. The monoisotopic (exact) mass is 186 g/mol. The molecule has 4 nitrogen and oxygen atoms in total. The van der Waals surface area contributed by atoms with Gasteiger partial charge in [-0.3, -0.25) is 0 Å². The molecule has 0 aliphatic carbocycles. The minimum absolute atomic E-state index is 0.0556. The smallest absolute Gasteiger partial charge is 0.163 e. The van der Waals surface area contributed by atoms with Crippen molar-refractivity contribution in [3.8, 4) is 0 Å². The number of epoxide rings is 1. The van der Waals surface area contributed by atoms with Crippen molar-refractivity contribution in [2.24, 2.45) is 0 Å². The molecule has 0 bridgehead atoms. The van der Waals surface area contributed by atoms with E-state index in [2.05, 4.69) is 0 Å². The summed E-state index contributed by atoms with van der Waals surface area (Å²) in [6.07, 6.45) is 1.52. The number of carbonyl (C=O) groups excluding carboxylic acids is 1. The van der Waals surface area contributed by atoms with Gasteiger partial charge in [0.1, 0.15) is 6.10 Å². The summed E-state index contributed by atoms with van der Waals surface area (Å²) in [4.78, 5) is 10.3. The maximum absolute atomic E-state index is 10.3. The third kappa shape index (κ3) is 2.07. The fourth-order valence-electron chi connectivity index (χ4n) is 1.60. The third-order valence-electron chi connectivity index (χ3n) is 2.32. The van der Waals surface area contributed by atoms with E-state index in [1.54, 1.807) is 0 Å². The van der Waals surface area contributed by atoms with Gasteiger partial charge >= 0.3 is 0 Å². The highest BCUT2D eigenvalue weighted by Crippen LogP contribution is 2.31. The average Bonchev–Trinajstić information content (AvgIpc) is 2.70. The molecule has 74 valence electrons. The Morgan fingerprint density at radius 2 is 2.31 bits per heavy atom. The van der Waals surface area contributed by atoms with Crippen molar-refractivity contribution in [1.29, 1.82) is 0 Å². The lowest BCUT2D eigenvalue weighted by Crippen LogP contribution is -2.22. The SMILES string of the molecule is CC1(C)OC[C@H](C[C@H]2O[C@H]2C=O)O1. The molecule has 2 heterocycles. The maximum atomic E-state index is 10.3. The van der Waals surface area contributed by atoms with E-state index in [1.807, 2.05) is 13.8 Å². The second-order valence-electron chi connectivity index (χ2n) is 3.96. The predicted octanol–water partition coefficient (Wildman–Crippen LogP) is 0.494. The van der Waals surface area contributed by atoms with Gasteiger partial charge in [0.2, 0.25) is 0 Å². The van der Waals surface area contributed by atoms with Gasteiger partial charge in [0.25, 0.3) is 0 Å². The molecule has 2 fully saturated rings. The molecule has 0 amide bonds. The molecule has 0 aromatic rings. The zero-order valence-electron chi connectivity index (χ0n) is 7.86. The van der Waals surface area contributed by atoms with Gasteiger partial charge in [-0.1, -0.05) is 0 Å². The predicted molar refractivity (Wildman–Crippen MR) is 44.2 cm³/mol. The molecule has 4 heteroatoms. The first kappa shape index (κ1) is 9.12. The summed E-state index contributed by atoms with van der Waals surface area (Å²) < 4.78 is 16.1. The van der Waals surface area contributed by atoms with Crippen LogP contribution in [-0.2, 0) is 19.0 Å². The Kier molecular flexibility index (Phi) is 2.14. The quantitative estimate of drug-likeness (QED) is 0.475. The van der Waals surface area contributed by atoms with Crippen molar-refractivity contribution in [3.05, 3.63) is 0 Å². The van der Waals surface area contributed by atoms with Gasteiger partial charge in [-0.25, -0.2) is 0 Å². The first-order valence-corrected chi connectivity index (χ1v) is 4.53. The third-order valence-corrected chi connectivity index (χ3v) is 2.32. The average molecular weight is 186 g/mol. The Hall–Kier alpha value is -0.450. The van der Waals surface area contributed by atoms with E-state index in [9.17, 15) is 4.79 Å². The molecule has 13 heavy (non-hydrogen) atoms. The van der Waals surface area contributed by atoms with E-state index >= 15 is 0 Å². The summed E-state index contributed by atoms with van der Waals surface area (Å²) in [6.45, 7) is 4.37. The van der Waals surface area contributed by atoms with Crippen LogP contribution in [0.1, 0.15) is 20.3 Å². The Labute approximate surface area is 77.1 Å². The van der Waals surface area contributed by atoms with E-state index in [4.69, 9.17) is 14.2 Å². The van der Waals surface area contributed by atoms with Crippen molar-refractivity contribution in [2.45, 2.75) is 44.4 Å². The molecule has 0 aromatic heterocycles. The Morgan fingerprint density at radius 3 is 2.77 bits per heavy atom. The summed E-state index contributed by atoms with van der Waals surface area (Å²) in [5.41, 5.74) is 0. The first-order valence-electron chi connectivity index (χ1n) is 4.53. The van der Waals surface area contributed by atoms with E-state index < -0.39 is 5.79 Å². The first-order chi connectivity index (χ1) is 6.11. The number of ether oxygens (including phenoxy) is 3. The van der Waals surface area contributed by atoms with Crippen molar-refractivity contribution >= 4 is 6.29 Å². The molecule has 2 aliphatic rings. The van der Waals surface area contributed by atoms with Crippen molar-refractivity contribution in [3.63, 3.8) is 0 Å². The number of carbonyl (C=O) groups is 1. The molecule has 0 spiro atoms. The van der Waals surface area contributed by atoms with Crippen LogP contribution in [0.3, 0.4) is 0 Å². The van der Waals surface area contributed by atoms with E-state index in [1.165, 1.54) is 0 Å². The van der Waals surface area contributed by atoms with Crippen LogP contribution in [-0.4, -0.2) is 37.0 Å². The van der Waals surface area contributed by atoms with E-state index in [-0.39, 0.29) is 18.3 Å². The topological polar surface area (TPSA) is 48.1 Å². The molecule has 0 N–H and O–H groups in total. The second-order valence-corrected chi connectivity index (χ2v) is 3.96. The minimum atomic E-state index is -0.476. The van der Waals surface area contributed by atoms with Gasteiger partial charge < -0.3 is 19.0 Å². The highest BCUT2D eigenvalue weighted by Gasteiger charge is 2.43. The maximum Gasteiger partial charge on any atom is 0.163 e. The van der Waals surface area contributed by atoms with Gasteiger partial charge in [0.15, 0.2) is 12.1 Å². The Bertz CT molecular complexity index is 214. The molecule has 2 rings (SSSR count). The van der Waals surface area contributed by atoms with Crippen LogP contribution in [0.25, 0.3) is 0 Å². The van der Waals surface area contributed by atoms with Gasteiger partial charge in [0.05, 0.1) is 18.8 Å². The highest BCUT2D eigenvalue weighted by molar-refractivity contribution is 5.60. The van der Waals surface area contributed by atoms with Crippen LogP contribution in [0.15, 0.2) is 0 Å². The van der Waals surface area contributed by atoms with Crippen LogP contribution in [0.2, 0.25) is 0 Å². The number of rotatable bonds is 3. The summed E-state index contributed by atoms with van der Waals surface area (Å²) >= 11 is 0. The van der Waals surface area contributed by atoms with Crippen molar-refractivity contribution in [2.75, 3.05) is 6.61 Å². The van der Waals surface area contributed by atoms with Gasteiger partial charge in [-0.15, -0.1) is 0 Å². The molecule has 2 aliphatic heterocycles. The molecule has 0 aromatic carbocycles. The van der Waals surface area contributed by atoms with Gasteiger partial charge in [0, 0.05) is 6.42 Å². The lowest BCUT2D eigenvalue weighted by Gasteiger charge is -2.16. The van der Waals surface area contributed by atoms with Crippen molar-refractivity contribution < 1.29 is 19.0 Å². The zero-order valence-corrected chi connectivity index (χ0v) is 7.86. The zero-order chi connectivity index (χ0) is 9.47. The molecule has 2 saturated heterocycles. The number of hydrogen-bond acceptors (Lipinski definition) is 4. The van der Waals surface area contributed by atoms with E-state index in [0.29, 0.717) is 6.61 Å². The van der Waals surface area contributed by atoms with Crippen LogP contribution in [0, 0.1) is 0 Å². The summed E-state index contributed by atoms with van der Waals surface area (Å²) in [7, 11) is 0. The summed E-state index contributed by atoms with van der Waals surface area (Å²) in [6, 6.07) is 0. The van der Waals surface area contributed by atoms with E-state index in [0.717, 1.165) is 12.7 Å². The molecular weight excluding hydrogens is 172 g/mol. The Morgan fingerprint density at radius 1 is 1.54 bits per heavy atom. The largest absolute Gasteiger partial charge is 0.361 e. The standard InChI is InChI=1S/C9H14O4/c1-9(2)11-5-6(13-9)3-7-8(4-10)12-7/h4,6-8H,3,5H2,1-2H3/t6-,7+,8-/m0/s1. The second kappa shape index (κ2) is 3.04. The highest BCUT2D eigenvalue weighted by atomic mass is 16.7. The minimum Gasteiger partial charge on any atom is -0.361 e. The summed E-state index contributed by atoms with van der Waals surface area (Å²) in [5.74, 6) is -0.476. The fraction of sp³-hybridized carbons (Fsp3) is 0.889. The Balaban J connectivity index is 1.76. The number of hydrogen-bond donors (Lipinski definition) is 0. The molecule has 0 radical (unpaired) electrons.